The summed E-state index contributed by atoms with van der Waals surface area (Å²) >= 11 is 0. The van der Waals surface area contributed by atoms with Crippen LogP contribution >= 0.6 is 0 Å². The maximum Gasteiger partial charge on any atom is 0.277 e. The van der Waals surface area contributed by atoms with Crippen LogP contribution < -0.4 is 10.1 Å². The zero-order valence-corrected chi connectivity index (χ0v) is 18.7. The minimum Gasteiger partial charge on any atom is -0.471 e. The number of halogens is 1. The number of hydrogen-bond acceptors (Lipinski definition) is 4. The van der Waals surface area contributed by atoms with E-state index in [1.165, 1.54) is 12.1 Å². The Kier molecular flexibility index (Phi) is 6.34. The standard InChI is InChI=1S/C27H22FN5O2/c28-23-10-6-20(7-11-23)18-32-17-15-26(31-32)29-27(34)25-14-16-33(30-25)19-35-24-12-8-22(9-13-24)21-4-2-1-3-5-21/h1-17H,18-19H2,(H,29,31,34). The lowest BCUT2D eigenvalue weighted by Crippen LogP contribution is -2.15. The van der Waals surface area contributed by atoms with Crippen LogP contribution in [0.4, 0.5) is 10.2 Å². The van der Waals surface area contributed by atoms with Crippen molar-refractivity contribution >= 4 is 11.7 Å². The molecule has 0 atom stereocenters. The maximum absolute atomic E-state index is 13.1. The highest BCUT2D eigenvalue weighted by Gasteiger charge is 2.12. The lowest BCUT2D eigenvalue weighted by molar-refractivity contribution is 0.101. The second-order valence-electron chi connectivity index (χ2n) is 7.88. The van der Waals surface area contributed by atoms with E-state index < -0.39 is 0 Å². The molecule has 0 aliphatic carbocycles. The number of carbonyl (C=O) groups excluding carboxylic acids is 1. The van der Waals surface area contributed by atoms with E-state index in [1.807, 2.05) is 42.5 Å². The van der Waals surface area contributed by atoms with Crippen LogP contribution in [0.2, 0.25) is 0 Å². The molecule has 0 fully saturated rings. The molecule has 0 radical (unpaired) electrons. The highest BCUT2D eigenvalue weighted by Crippen LogP contribution is 2.22. The van der Waals surface area contributed by atoms with Crippen LogP contribution in [0.1, 0.15) is 16.1 Å². The summed E-state index contributed by atoms with van der Waals surface area (Å²) in [6.45, 7) is 0.638. The Labute approximate surface area is 201 Å². The molecule has 5 rings (SSSR count). The van der Waals surface area contributed by atoms with E-state index >= 15 is 0 Å². The van der Waals surface area contributed by atoms with E-state index in [0.29, 0.717) is 18.1 Å². The molecule has 2 heterocycles. The van der Waals surface area contributed by atoms with Gasteiger partial charge in [-0.2, -0.15) is 10.2 Å². The number of aromatic nitrogens is 4. The van der Waals surface area contributed by atoms with Crippen LogP contribution in [-0.2, 0) is 13.3 Å². The smallest absolute Gasteiger partial charge is 0.277 e. The van der Waals surface area contributed by atoms with Gasteiger partial charge in [0.15, 0.2) is 18.2 Å². The fourth-order valence-electron chi connectivity index (χ4n) is 3.54. The van der Waals surface area contributed by atoms with Crippen molar-refractivity contribution in [1.29, 1.82) is 0 Å². The van der Waals surface area contributed by atoms with Crippen LogP contribution in [0.25, 0.3) is 11.1 Å². The van der Waals surface area contributed by atoms with E-state index in [-0.39, 0.29) is 24.1 Å². The monoisotopic (exact) mass is 467 g/mol. The van der Waals surface area contributed by atoms with Gasteiger partial charge < -0.3 is 10.1 Å². The molecule has 1 N–H and O–H groups in total. The Morgan fingerprint density at radius 3 is 2.29 bits per heavy atom. The summed E-state index contributed by atoms with van der Waals surface area (Å²) in [7, 11) is 0. The largest absolute Gasteiger partial charge is 0.471 e. The molecule has 0 spiro atoms. The summed E-state index contributed by atoms with van der Waals surface area (Å²) in [6.07, 6.45) is 3.43. The van der Waals surface area contributed by atoms with Crippen molar-refractivity contribution in [3.63, 3.8) is 0 Å². The van der Waals surface area contributed by atoms with E-state index in [9.17, 15) is 9.18 Å². The first-order valence-electron chi connectivity index (χ1n) is 11.0. The van der Waals surface area contributed by atoms with E-state index in [0.717, 1.165) is 16.7 Å². The van der Waals surface area contributed by atoms with Crippen molar-refractivity contribution in [1.82, 2.24) is 19.6 Å². The number of nitrogens with zero attached hydrogens (tertiary/aromatic N) is 4. The third-order valence-electron chi connectivity index (χ3n) is 5.34. The molecule has 1 amide bonds. The molecule has 0 saturated carbocycles. The Bertz CT molecular complexity index is 1410. The number of nitrogens with one attached hydrogen (secondary N) is 1. The average molecular weight is 468 g/mol. The SMILES string of the molecule is O=C(Nc1ccn(Cc2ccc(F)cc2)n1)c1ccn(COc2ccc(-c3ccccc3)cc2)n1. The first kappa shape index (κ1) is 22.1. The molecule has 0 saturated heterocycles. The number of hydrogen-bond donors (Lipinski definition) is 1. The van der Waals surface area contributed by atoms with Gasteiger partial charge in [0.1, 0.15) is 11.6 Å². The summed E-state index contributed by atoms with van der Waals surface area (Å²) < 4.78 is 22.1. The zero-order valence-electron chi connectivity index (χ0n) is 18.7. The second kappa shape index (κ2) is 10.0. The maximum atomic E-state index is 13.1. The Morgan fingerprint density at radius 2 is 1.51 bits per heavy atom. The van der Waals surface area contributed by atoms with Crippen molar-refractivity contribution in [2.24, 2.45) is 0 Å². The second-order valence-corrected chi connectivity index (χ2v) is 7.88. The van der Waals surface area contributed by atoms with Gasteiger partial charge in [-0.25, -0.2) is 9.07 Å². The van der Waals surface area contributed by atoms with Gasteiger partial charge in [-0.1, -0.05) is 54.6 Å². The lowest BCUT2D eigenvalue weighted by Gasteiger charge is -2.07. The van der Waals surface area contributed by atoms with Crippen LogP contribution in [-0.4, -0.2) is 25.5 Å². The molecule has 174 valence electrons. The van der Waals surface area contributed by atoms with Gasteiger partial charge in [0.05, 0.1) is 6.54 Å². The van der Waals surface area contributed by atoms with Crippen LogP contribution in [0.3, 0.4) is 0 Å². The number of amides is 1. The normalized spacial score (nSPS) is 10.8. The number of ether oxygens (including phenoxy) is 1. The average Bonchev–Trinajstić information content (AvgIpc) is 3.55. The zero-order chi connectivity index (χ0) is 24.0. The first-order chi connectivity index (χ1) is 17.1. The molecule has 35 heavy (non-hydrogen) atoms. The van der Waals surface area contributed by atoms with Gasteiger partial charge in [0, 0.05) is 18.5 Å². The van der Waals surface area contributed by atoms with Gasteiger partial charge >= 0.3 is 0 Å². The van der Waals surface area contributed by atoms with Crippen molar-refractivity contribution in [2.75, 3.05) is 5.32 Å². The molecule has 7 nitrogen and oxygen atoms in total. The molecular weight excluding hydrogens is 445 g/mol. The summed E-state index contributed by atoms with van der Waals surface area (Å²) in [5, 5.41) is 11.4. The lowest BCUT2D eigenvalue weighted by atomic mass is 10.1. The van der Waals surface area contributed by atoms with Gasteiger partial charge in [-0.05, 0) is 47.0 Å². The molecule has 0 aliphatic rings. The summed E-state index contributed by atoms with van der Waals surface area (Å²) in [5.41, 5.74) is 3.40. The molecule has 2 aromatic heterocycles. The quantitative estimate of drug-likeness (QED) is 0.339. The van der Waals surface area contributed by atoms with Crippen molar-refractivity contribution in [2.45, 2.75) is 13.3 Å². The molecular formula is C27H22FN5O2. The van der Waals surface area contributed by atoms with E-state index in [4.69, 9.17) is 4.74 Å². The van der Waals surface area contributed by atoms with Gasteiger partial charge in [0.25, 0.3) is 5.91 Å². The predicted molar refractivity (Wildman–Crippen MR) is 130 cm³/mol. The number of anilines is 1. The number of benzene rings is 3. The van der Waals surface area contributed by atoms with Crippen molar-refractivity contribution < 1.29 is 13.9 Å². The van der Waals surface area contributed by atoms with Gasteiger partial charge in [0.2, 0.25) is 0 Å². The molecule has 0 bridgehead atoms. The molecule has 8 heteroatoms. The first-order valence-corrected chi connectivity index (χ1v) is 11.0. The topological polar surface area (TPSA) is 74.0 Å². The number of rotatable bonds is 8. The van der Waals surface area contributed by atoms with E-state index in [1.54, 1.807) is 46.0 Å². The van der Waals surface area contributed by atoms with Gasteiger partial charge in [-0.3, -0.25) is 9.48 Å². The molecule has 0 aliphatic heterocycles. The molecule has 5 aromatic rings. The third kappa shape index (κ3) is 5.62. The highest BCUT2D eigenvalue weighted by atomic mass is 19.1. The van der Waals surface area contributed by atoms with Gasteiger partial charge in [-0.15, -0.1) is 0 Å². The minimum atomic E-state index is -0.372. The number of carbonyl (C=O) groups is 1. The predicted octanol–water partition coefficient (Wildman–Crippen LogP) is 5.22. The summed E-state index contributed by atoms with van der Waals surface area (Å²) in [4.78, 5) is 12.6. The van der Waals surface area contributed by atoms with Crippen molar-refractivity contribution in [3.05, 3.63) is 120 Å². The fraction of sp³-hybridized carbons (Fsp3) is 0.0741. The molecule has 3 aromatic carbocycles. The van der Waals surface area contributed by atoms with Crippen LogP contribution in [0.15, 0.2) is 103 Å². The Hall–Kier alpha value is -4.72. The molecule has 0 unspecified atom stereocenters. The minimum absolute atomic E-state index is 0.171. The van der Waals surface area contributed by atoms with Crippen molar-refractivity contribution in [3.8, 4) is 16.9 Å². The van der Waals surface area contributed by atoms with Crippen LogP contribution in [0.5, 0.6) is 5.75 Å². The van der Waals surface area contributed by atoms with Crippen LogP contribution in [0, 0.1) is 5.82 Å². The Morgan fingerprint density at radius 1 is 0.800 bits per heavy atom. The highest BCUT2D eigenvalue weighted by molar-refractivity contribution is 6.02. The summed E-state index contributed by atoms with van der Waals surface area (Å²) in [5.74, 6) is 0.454. The van der Waals surface area contributed by atoms with E-state index in [2.05, 4.69) is 27.6 Å². The fourth-order valence-corrected chi connectivity index (χ4v) is 3.54. The third-order valence-corrected chi connectivity index (χ3v) is 5.34. The summed E-state index contributed by atoms with van der Waals surface area (Å²) in [6, 6.07) is 27.4. The Balaban J connectivity index is 1.14.